The summed E-state index contributed by atoms with van der Waals surface area (Å²) in [6.45, 7) is 5.70. The van der Waals surface area contributed by atoms with E-state index in [-0.39, 0.29) is 5.56 Å². The summed E-state index contributed by atoms with van der Waals surface area (Å²) in [5.74, 6) is 0.929. The summed E-state index contributed by atoms with van der Waals surface area (Å²) in [6, 6.07) is 8.52. The van der Waals surface area contributed by atoms with Crippen LogP contribution in [0.4, 0.5) is 0 Å². The fraction of sp³-hybridized carbons (Fsp3) is 0.478. The van der Waals surface area contributed by atoms with Crippen molar-refractivity contribution in [1.82, 2.24) is 14.5 Å². The van der Waals surface area contributed by atoms with Crippen molar-refractivity contribution in [3.05, 3.63) is 62.0 Å². The van der Waals surface area contributed by atoms with Crippen LogP contribution in [-0.4, -0.2) is 27.5 Å². The van der Waals surface area contributed by atoms with Crippen LogP contribution in [0.2, 0.25) is 0 Å². The van der Waals surface area contributed by atoms with Gasteiger partial charge in [0.1, 0.15) is 10.7 Å². The van der Waals surface area contributed by atoms with Gasteiger partial charge >= 0.3 is 0 Å². The van der Waals surface area contributed by atoms with Gasteiger partial charge in [-0.15, -0.1) is 11.3 Å². The largest absolute Gasteiger partial charge is 0.296 e. The Labute approximate surface area is 169 Å². The van der Waals surface area contributed by atoms with Crippen LogP contribution in [-0.2, 0) is 25.9 Å². The zero-order chi connectivity index (χ0) is 19.1. The molecule has 2 aliphatic rings. The van der Waals surface area contributed by atoms with Crippen molar-refractivity contribution < 1.29 is 0 Å². The minimum atomic E-state index is 0.166. The lowest BCUT2D eigenvalue weighted by molar-refractivity contribution is 0.315. The topological polar surface area (TPSA) is 38.1 Å². The average molecular weight is 394 g/mol. The lowest BCUT2D eigenvalue weighted by Crippen LogP contribution is -2.30. The predicted molar refractivity (Wildman–Crippen MR) is 115 cm³/mol. The molecule has 1 saturated heterocycles. The zero-order valence-corrected chi connectivity index (χ0v) is 17.4. The zero-order valence-electron chi connectivity index (χ0n) is 16.5. The van der Waals surface area contributed by atoms with E-state index in [0.717, 1.165) is 48.5 Å². The number of rotatable bonds is 4. The third kappa shape index (κ3) is 3.31. The second kappa shape index (κ2) is 7.45. The standard InChI is InChI=1S/C23H27N3OS/c1-16-8-10-17(11-9-16)14-26-20(15-25-12-4-5-13-25)24-22-21(23(26)27)18-6-2-3-7-19(18)28-22/h8-11H,2-7,12-15H2,1H3. The quantitative estimate of drug-likeness (QED) is 0.664. The second-order valence-corrected chi connectivity index (χ2v) is 9.36. The second-order valence-electron chi connectivity index (χ2n) is 8.28. The SMILES string of the molecule is Cc1ccc(Cn2c(CN3CCCC3)nc3sc4c(c3c2=O)CCCC4)cc1. The molecule has 1 fully saturated rings. The molecule has 28 heavy (non-hydrogen) atoms. The molecule has 4 nitrogen and oxygen atoms in total. The van der Waals surface area contributed by atoms with Crippen LogP contribution >= 0.6 is 11.3 Å². The molecule has 0 saturated carbocycles. The summed E-state index contributed by atoms with van der Waals surface area (Å²) < 4.78 is 1.95. The van der Waals surface area contributed by atoms with E-state index in [1.165, 1.54) is 47.3 Å². The molecule has 0 amide bonds. The van der Waals surface area contributed by atoms with Crippen molar-refractivity contribution in [1.29, 1.82) is 0 Å². The third-order valence-electron chi connectivity index (χ3n) is 6.18. The lowest BCUT2D eigenvalue weighted by Gasteiger charge is -2.19. The van der Waals surface area contributed by atoms with E-state index in [1.807, 2.05) is 4.57 Å². The maximum absolute atomic E-state index is 13.6. The Morgan fingerprint density at radius 2 is 1.75 bits per heavy atom. The first-order chi connectivity index (χ1) is 13.7. The first kappa shape index (κ1) is 18.1. The van der Waals surface area contributed by atoms with Crippen molar-refractivity contribution >= 4 is 21.6 Å². The summed E-state index contributed by atoms with van der Waals surface area (Å²) in [7, 11) is 0. The van der Waals surface area contributed by atoms with Crippen LogP contribution in [0.1, 0.15) is 53.1 Å². The van der Waals surface area contributed by atoms with Gasteiger partial charge in [0, 0.05) is 4.88 Å². The molecule has 3 heterocycles. The van der Waals surface area contributed by atoms with E-state index in [9.17, 15) is 4.79 Å². The van der Waals surface area contributed by atoms with E-state index in [2.05, 4.69) is 36.1 Å². The highest BCUT2D eigenvalue weighted by molar-refractivity contribution is 7.18. The molecule has 2 aromatic heterocycles. The van der Waals surface area contributed by atoms with E-state index in [0.29, 0.717) is 6.54 Å². The van der Waals surface area contributed by atoms with Crippen LogP contribution in [0.5, 0.6) is 0 Å². The Morgan fingerprint density at radius 3 is 2.54 bits per heavy atom. The molecule has 3 aromatic rings. The molecule has 0 spiro atoms. The van der Waals surface area contributed by atoms with Crippen LogP contribution in [0.3, 0.4) is 0 Å². The van der Waals surface area contributed by atoms with Gasteiger partial charge in [0.2, 0.25) is 0 Å². The van der Waals surface area contributed by atoms with E-state index in [1.54, 1.807) is 11.3 Å². The summed E-state index contributed by atoms with van der Waals surface area (Å²) in [4.78, 5) is 23.5. The first-order valence-corrected chi connectivity index (χ1v) is 11.3. The normalized spacial score (nSPS) is 17.3. The number of likely N-dealkylation sites (tertiary alicyclic amines) is 1. The smallest absolute Gasteiger partial charge is 0.262 e. The van der Waals surface area contributed by atoms with Gasteiger partial charge in [-0.05, 0) is 69.7 Å². The van der Waals surface area contributed by atoms with Crippen molar-refractivity contribution in [2.24, 2.45) is 0 Å². The van der Waals surface area contributed by atoms with Gasteiger partial charge in [0.15, 0.2) is 0 Å². The Balaban J connectivity index is 1.63. The number of nitrogens with zero attached hydrogens (tertiary/aromatic N) is 3. The Bertz CT molecular complexity index is 1060. The molecule has 0 bridgehead atoms. The number of aryl methyl sites for hydroxylation is 3. The molecular formula is C23H27N3OS. The highest BCUT2D eigenvalue weighted by Gasteiger charge is 2.23. The number of hydrogen-bond acceptors (Lipinski definition) is 4. The Kier molecular flexibility index (Phi) is 4.81. The number of fused-ring (bicyclic) bond motifs is 3. The van der Waals surface area contributed by atoms with Gasteiger partial charge in [-0.2, -0.15) is 0 Å². The number of thiophene rings is 1. The van der Waals surface area contributed by atoms with Gasteiger partial charge in [-0.3, -0.25) is 14.3 Å². The summed E-state index contributed by atoms with van der Waals surface area (Å²) in [5, 5.41) is 0.900. The van der Waals surface area contributed by atoms with Crippen molar-refractivity contribution in [2.75, 3.05) is 13.1 Å². The maximum atomic E-state index is 13.6. The first-order valence-electron chi connectivity index (χ1n) is 10.5. The summed E-state index contributed by atoms with van der Waals surface area (Å²) in [6.07, 6.45) is 7.05. The minimum Gasteiger partial charge on any atom is -0.296 e. The van der Waals surface area contributed by atoms with Crippen molar-refractivity contribution in [3.8, 4) is 0 Å². The molecule has 5 heteroatoms. The van der Waals surface area contributed by atoms with Gasteiger partial charge in [0.05, 0.1) is 18.5 Å². The van der Waals surface area contributed by atoms with Crippen LogP contribution < -0.4 is 5.56 Å². The van der Waals surface area contributed by atoms with Gasteiger partial charge in [0.25, 0.3) is 5.56 Å². The maximum Gasteiger partial charge on any atom is 0.262 e. The molecule has 0 N–H and O–H groups in total. The lowest BCUT2D eigenvalue weighted by atomic mass is 9.97. The molecule has 5 rings (SSSR count). The van der Waals surface area contributed by atoms with E-state index in [4.69, 9.17) is 4.98 Å². The molecule has 146 valence electrons. The van der Waals surface area contributed by atoms with Gasteiger partial charge < -0.3 is 0 Å². The number of hydrogen-bond donors (Lipinski definition) is 0. The fourth-order valence-electron chi connectivity index (χ4n) is 4.58. The monoisotopic (exact) mass is 393 g/mol. The van der Waals surface area contributed by atoms with E-state index >= 15 is 0 Å². The fourth-order valence-corrected chi connectivity index (χ4v) is 5.85. The Hall–Kier alpha value is -1.98. The molecule has 1 aromatic carbocycles. The summed E-state index contributed by atoms with van der Waals surface area (Å²) in [5.41, 5.74) is 3.86. The molecule has 0 unspecified atom stereocenters. The highest BCUT2D eigenvalue weighted by Crippen LogP contribution is 2.34. The predicted octanol–water partition coefficient (Wildman–Crippen LogP) is 4.29. The molecule has 1 aliphatic heterocycles. The van der Waals surface area contributed by atoms with Crippen LogP contribution in [0, 0.1) is 6.92 Å². The third-order valence-corrected chi connectivity index (χ3v) is 7.36. The van der Waals surface area contributed by atoms with Crippen molar-refractivity contribution in [2.45, 2.75) is 58.5 Å². The average Bonchev–Trinajstić information content (AvgIpc) is 3.33. The minimum absolute atomic E-state index is 0.166. The van der Waals surface area contributed by atoms with Crippen molar-refractivity contribution in [3.63, 3.8) is 0 Å². The summed E-state index contributed by atoms with van der Waals surface area (Å²) >= 11 is 1.76. The Morgan fingerprint density at radius 1 is 1.00 bits per heavy atom. The van der Waals surface area contributed by atoms with Gasteiger partial charge in [-0.1, -0.05) is 29.8 Å². The molecule has 0 atom stereocenters. The number of benzene rings is 1. The van der Waals surface area contributed by atoms with Crippen LogP contribution in [0.25, 0.3) is 10.2 Å². The molecule has 0 radical (unpaired) electrons. The van der Waals surface area contributed by atoms with E-state index < -0.39 is 0 Å². The van der Waals surface area contributed by atoms with Gasteiger partial charge in [-0.25, -0.2) is 4.98 Å². The highest BCUT2D eigenvalue weighted by atomic mass is 32.1. The molecule has 1 aliphatic carbocycles. The van der Waals surface area contributed by atoms with Crippen LogP contribution in [0.15, 0.2) is 29.1 Å². The molecular weight excluding hydrogens is 366 g/mol. The number of aromatic nitrogens is 2.